The Bertz CT molecular complexity index is 458. The first-order valence-corrected chi connectivity index (χ1v) is 6.47. The van der Waals surface area contributed by atoms with E-state index in [9.17, 15) is 0 Å². The molecule has 1 aliphatic rings. The molecule has 0 aliphatic carbocycles. The van der Waals surface area contributed by atoms with Crippen LogP contribution < -0.4 is 5.73 Å². The minimum atomic E-state index is 0. The minimum absolute atomic E-state index is 0. The van der Waals surface area contributed by atoms with Crippen LogP contribution in [0.15, 0.2) is 11.1 Å². The van der Waals surface area contributed by atoms with Crippen molar-refractivity contribution in [2.24, 2.45) is 17.8 Å². The van der Waals surface area contributed by atoms with E-state index in [2.05, 4.69) is 4.99 Å². The summed E-state index contributed by atoms with van der Waals surface area (Å²) < 4.78 is 7.07. The van der Waals surface area contributed by atoms with Gasteiger partial charge in [0.1, 0.15) is 5.15 Å². The summed E-state index contributed by atoms with van der Waals surface area (Å²) in [5.41, 5.74) is 6.87. The highest BCUT2D eigenvalue weighted by Crippen LogP contribution is 2.25. The van der Waals surface area contributed by atoms with Crippen LogP contribution in [-0.4, -0.2) is 41.7 Å². The maximum absolute atomic E-state index is 5.99. The Kier molecular flexibility index (Phi) is 6.72. The van der Waals surface area contributed by atoms with Crippen molar-refractivity contribution in [1.29, 1.82) is 0 Å². The van der Waals surface area contributed by atoms with Crippen molar-refractivity contribution >= 4 is 53.1 Å². The molecule has 108 valence electrons. The van der Waals surface area contributed by atoms with E-state index in [1.54, 1.807) is 10.6 Å². The van der Waals surface area contributed by atoms with Gasteiger partial charge in [-0.2, -0.15) is 0 Å². The van der Waals surface area contributed by atoms with Crippen molar-refractivity contribution in [3.8, 4) is 0 Å². The second-order valence-corrected chi connectivity index (χ2v) is 4.87. The minimum Gasteiger partial charge on any atom is -0.378 e. The molecule has 1 saturated heterocycles. The van der Waals surface area contributed by atoms with Gasteiger partial charge in [0.15, 0.2) is 5.96 Å². The summed E-state index contributed by atoms with van der Waals surface area (Å²) in [6, 6.07) is 1.81. The summed E-state index contributed by atoms with van der Waals surface area (Å²) in [7, 11) is 1.85. The zero-order chi connectivity index (χ0) is 13.1. The van der Waals surface area contributed by atoms with Crippen LogP contribution in [0.4, 0.5) is 0 Å². The van der Waals surface area contributed by atoms with Crippen LogP contribution in [0.5, 0.6) is 0 Å². The molecule has 0 unspecified atom stereocenters. The summed E-state index contributed by atoms with van der Waals surface area (Å²) in [5, 5.41) is 1.06. The summed E-state index contributed by atoms with van der Waals surface area (Å²) in [4.78, 5) is 6.37. The van der Waals surface area contributed by atoms with Gasteiger partial charge in [-0.15, -0.1) is 24.0 Å². The Morgan fingerprint density at radius 3 is 2.58 bits per heavy atom. The molecular weight excluding hydrogens is 402 g/mol. The van der Waals surface area contributed by atoms with Crippen LogP contribution in [0.2, 0.25) is 10.2 Å². The standard InChI is InChI=1S/C11H16Cl2N4O.HI/c1-16-8(6-9(12)10(16)13)7-15-11(14)17-2-4-18-5-3-17;/h6H,2-5,7H2,1H3,(H2,14,15);1H. The molecule has 5 nitrogen and oxygen atoms in total. The van der Waals surface area contributed by atoms with E-state index in [1.807, 2.05) is 11.9 Å². The second kappa shape index (κ2) is 7.56. The van der Waals surface area contributed by atoms with Gasteiger partial charge in [0, 0.05) is 25.8 Å². The van der Waals surface area contributed by atoms with Gasteiger partial charge in [0.25, 0.3) is 0 Å². The van der Waals surface area contributed by atoms with E-state index in [4.69, 9.17) is 33.7 Å². The largest absolute Gasteiger partial charge is 0.378 e. The monoisotopic (exact) mass is 418 g/mol. The van der Waals surface area contributed by atoms with Crippen molar-refractivity contribution in [2.75, 3.05) is 26.3 Å². The lowest BCUT2D eigenvalue weighted by Crippen LogP contribution is -2.44. The molecule has 8 heteroatoms. The molecule has 0 bridgehead atoms. The molecular formula is C11H17Cl2IN4O. The summed E-state index contributed by atoms with van der Waals surface area (Å²) in [5.74, 6) is 0.534. The summed E-state index contributed by atoms with van der Waals surface area (Å²) in [6.07, 6.45) is 0. The Balaban J connectivity index is 0.00000180. The average molecular weight is 419 g/mol. The quantitative estimate of drug-likeness (QED) is 0.454. The lowest BCUT2D eigenvalue weighted by molar-refractivity contribution is 0.0674. The maximum Gasteiger partial charge on any atom is 0.191 e. The van der Waals surface area contributed by atoms with E-state index < -0.39 is 0 Å². The van der Waals surface area contributed by atoms with E-state index >= 15 is 0 Å². The average Bonchev–Trinajstić information content (AvgIpc) is 2.64. The molecule has 19 heavy (non-hydrogen) atoms. The molecule has 0 spiro atoms. The SMILES string of the molecule is Cn1c(CN=C(N)N2CCOCC2)cc(Cl)c1Cl.I. The van der Waals surface area contributed by atoms with E-state index in [-0.39, 0.29) is 24.0 Å². The molecule has 1 fully saturated rings. The Morgan fingerprint density at radius 1 is 1.42 bits per heavy atom. The first-order chi connectivity index (χ1) is 8.59. The molecule has 1 aromatic heterocycles. The number of ether oxygens (including phenoxy) is 1. The van der Waals surface area contributed by atoms with Crippen LogP contribution >= 0.6 is 47.2 Å². The van der Waals surface area contributed by atoms with Crippen LogP contribution in [0.1, 0.15) is 5.69 Å². The number of hydrogen-bond donors (Lipinski definition) is 1. The van der Waals surface area contributed by atoms with Gasteiger partial charge in [-0.05, 0) is 6.07 Å². The fourth-order valence-electron chi connectivity index (χ4n) is 1.80. The fraction of sp³-hybridized carbons (Fsp3) is 0.545. The molecule has 0 radical (unpaired) electrons. The van der Waals surface area contributed by atoms with Crippen molar-refractivity contribution in [3.63, 3.8) is 0 Å². The molecule has 0 saturated carbocycles. The van der Waals surface area contributed by atoms with Gasteiger partial charge in [-0.1, -0.05) is 23.2 Å². The lowest BCUT2D eigenvalue weighted by atomic mass is 10.4. The Hall–Kier alpha value is -0.180. The Labute approximate surface area is 139 Å². The molecule has 2 N–H and O–H groups in total. The van der Waals surface area contributed by atoms with E-state index in [1.165, 1.54) is 0 Å². The number of aromatic nitrogens is 1. The van der Waals surface area contributed by atoms with Crippen LogP contribution in [0.25, 0.3) is 0 Å². The highest BCUT2D eigenvalue weighted by atomic mass is 127. The zero-order valence-corrected chi connectivity index (χ0v) is 14.4. The first kappa shape index (κ1) is 16.9. The van der Waals surface area contributed by atoms with Gasteiger partial charge in [-0.3, -0.25) is 0 Å². The van der Waals surface area contributed by atoms with Crippen molar-refractivity contribution < 1.29 is 4.74 Å². The van der Waals surface area contributed by atoms with Gasteiger partial charge in [0.05, 0.1) is 24.8 Å². The predicted octanol–water partition coefficient (Wildman–Crippen LogP) is 2.10. The number of guanidine groups is 1. The zero-order valence-electron chi connectivity index (χ0n) is 10.6. The molecule has 0 aromatic carbocycles. The molecule has 2 rings (SSSR count). The van der Waals surface area contributed by atoms with Crippen molar-refractivity contribution in [3.05, 3.63) is 21.9 Å². The number of nitrogens with two attached hydrogens (primary N) is 1. The highest BCUT2D eigenvalue weighted by molar-refractivity contribution is 14.0. The van der Waals surface area contributed by atoms with Crippen LogP contribution in [-0.2, 0) is 18.3 Å². The third-order valence-electron chi connectivity index (χ3n) is 2.95. The summed E-state index contributed by atoms with van der Waals surface area (Å²) in [6.45, 7) is 3.41. The topological polar surface area (TPSA) is 55.8 Å². The Morgan fingerprint density at radius 2 is 2.05 bits per heavy atom. The van der Waals surface area contributed by atoms with E-state index in [0.717, 1.165) is 18.8 Å². The van der Waals surface area contributed by atoms with Gasteiger partial charge in [-0.25, -0.2) is 4.99 Å². The summed E-state index contributed by atoms with van der Waals surface area (Å²) >= 11 is 11.9. The van der Waals surface area contributed by atoms with Gasteiger partial charge < -0.3 is 19.9 Å². The number of nitrogens with zero attached hydrogens (tertiary/aromatic N) is 3. The lowest BCUT2D eigenvalue weighted by Gasteiger charge is -2.27. The molecule has 1 aromatic rings. The smallest absolute Gasteiger partial charge is 0.191 e. The highest BCUT2D eigenvalue weighted by Gasteiger charge is 2.13. The molecule has 1 aliphatic heterocycles. The maximum atomic E-state index is 5.99. The van der Waals surface area contributed by atoms with Crippen molar-refractivity contribution in [2.45, 2.75) is 6.54 Å². The third kappa shape index (κ3) is 4.14. The molecule has 2 heterocycles. The second-order valence-electron chi connectivity index (χ2n) is 4.11. The first-order valence-electron chi connectivity index (χ1n) is 5.72. The number of aliphatic imine (C=N–C) groups is 1. The number of morpholine rings is 1. The predicted molar refractivity (Wildman–Crippen MR) is 88.6 cm³/mol. The number of halogens is 3. The van der Waals surface area contributed by atoms with Crippen molar-refractivity contribution in [1.82, 2.24) is 9.47 Å². The van der Waals surface area contributed by atoms with Crippen LogP contribution in [0.3, 0.4) is 0 Å². The van der Waals surface area contributed by atoms with Crippen LogP contribution in [0, 0.1) is 0 Å². The third-order valence-corrected chi connectivity index (χ3v) is 3.80. The number of hydrogen-bond acceptors (Lipinski definition) is 2. The fourth-order valence-corrected chi connectivity index (χ4v) is 2.21. The number of rotatable bonds is 2. The molecule has 0 amide bonds. The van der Waals surface area contributed by atoms with Gasteiger partial charge >= 0.3 is 0 Å². The molecule has 0 atom stereocenters. The van der Waals surface area contributed by atoms with E-state index in [0.29, 0.717) is 35.9 Å². The normalized spacial score (nSPS) is 16.4. The van der Waals surface area contributed by atoms with Gasteiger partial charge in [0.2, 0.25) is 0 Å².